The predicted octanol–water partition coefficient (Wildman–Crippen LogP) is 5.01. The first-order valence-electron chi connectivity index (χ1n) is 12.1. The number of methoxy groups -OCH3 is 3. The topological polar surface area (TPSA) is 106 Å². The molecule has 0 radical (unpaired) electrons. The summed E-state index contributed by atoms with van der Waals surface area (Å²) in [4.78, 5) is 17.8. The van der Waals surface area contributed by atoms with E-state index < -0.39 is 5.91 Å². The Balaban J connectivity index is 1.76. The summed E-state index contributed by atoms with van der Waals surface area (Å²) in [7, 11) is 4.60. The van der Waals surface area contributed by atoms with Gasteiger partial charge in [-0.2, -0.15) is 0 Å². The zero-order chi connectivity index (χ0) is 27.1. The van der Waals surface area contributed by atoms with Crippen molar-refractivity contribution in [3.05, 3.63) is 66.5 Å². The van der Waals surface area contributed by atoms with Crippen LogP contribution in [0.1, 0.15) is 24.5 Å². The monoisotopic (exact) mass is 518 g/mol. The fourth-order valence-corrected chi connectivity index (χ4v) is 3.82. The normalized spacial score (nSPS) is 10.6. The fraction of sp³-hybridized carbons (Fsp3) is 0.250. The Morgan fingerprint density at radius 2 is 1.37 bits per heavy atom. The first-order valence-corrected chi connectivity index (χ1v) is 12.1. The van der Waals surface area contributed by atoms with Gasteiger partial charge in [-0.15, -0.1) is 5.10 Å². The Labute approximate surface area is 221 Å². The Morgan fingerprint density at radius 1 is 0.816 bits per heavy atom. The van der Waals surface area contributed by atoms with Gasteiger partial charge in [-0.3, -0.25) is 4.79 Å². The molecule has 198 valence electrons. The van der Waals surface area contributed by atoms with Crippen molar-refractivity contribution >= 4 is 11.6 Å². The van der Waals surface area contributed by atoms with Crippen molar-refractivity contribution in [3.63, 3.8) is 0 Å². The van der Waals surface area contributed by atoms with Gasteiger partial charge in [-0.25, -0.2) is 9.67 Å². The minimum atomic E-state index is -0.465. The van der Waals surface area contributed by atoms with E-state index in [0.717, 1.165) is 5.75 Å². The van der Waals surface area contributed by atoms with Gasteiger partial charge in [-0.05, 0) is 74.5 Å². The minimum absolute atomic E-state index is 0.0171. The smallest absolute Gasteiger partial charge is 0.295 e. The van der Waals surface area contributed by atoms with E-state index in [-0.39, 0.29) is 5.82 Å². The summed E-state index contributed by atoms with van der Waals surface area (Å²) < 4.78 is 29.1. The zero-order valence-corrected chi connectivity index (χ0v) is 22.0. The Bertz CT molecular complexity index is 1360. The molecular weight excluding hydrogens is 488 g/mol. The van der Waals surface area contributed by atoms with Gasteiger partial charge in [0.15, 0.2) is 17.3 Å². The van der Waals surface area contributed by atoms with Crippen LogP contribution in [0.2, 0.25) is 0 Å². The lowest BCUT2D eigenvalue weighted by molar-refractivity contribution is 0.101. The molecule has 0 aliphatic heterocycles. The molecule has 0 unspecified atom stereocenters. The van der Waals surface area contributed by atoms with Gasteiger partial charge in [0, 0.05) is 11.3 Å². The number of carbonyl (C=O) groups excluding carboxylic acids is 1. The Hall–Kier alpha value is -4.73. The van der Waals surface area contributed by atoms with E-state index in [9.17, 15) is 4.79 Å². The number of nitrogens with one attached hydrogen (secondary N) is 1. The first kappa shape index (κ1) is 26.3. The molecule has 0 saturated carbocycles. The van der Waals surface area contributed by atoms with Crippen LogP contribution in [0.4, 0.5) is 5.69 Å². The molecule has 0 atom stereocenters. The highest BCUT2D eigenvalue weighted by Gasteiger charge is 2.22. The molecule has 1 aromatic heterocycles. The van der Waals surface area contributed by atoms with Gasteiger partial charge >= 0.3 is 0 Å². The molecule has 0 bridgehead atoms. The Morgan fingerprint density at radius 3 is 1.87 bits per heavy atom. The summed E-state index contributed by atoms with van der Waals surface area (Å²) in [6.07, 6.45) is 0. The molecule has 3 aromatic carbocycles. The highest BCUT2D eigenvalue weighted by atomic mass is 16.5. The molecule has 4 rings (SSSR count). The van der Waals surface area contributed by atoms with E-state index in [1.54, 1.807) is 41.1 Å². The van der Waals surface area contributed by atoms with E-state index in [1.165, 1.54) is 21.3 Å². The standard InChI is InChI=1S/C28H30N4O6/c1-6-37-21-12-8-19(9-13-21)29-28(33)26-30-27(18-16-23(34-3)25(36-5)24(17-18)35-4)32(31-26)20-10-14-22(15-11-20)38-7-2/h8-17H,6-7H2,1-5H3,(H,29,33). The molecule has 0 aliphatic carbocycles. The van der Waals surface area contributed by atoms with Gasteiger partial charge in [0.2, 0.25) is 11.6 Å². The van der Waals surface area contributed by atoms with Crippen molar-refractivity contribution in [1.82, 2.24) is 14.8 Å². The largest absolute Gasteiger partial charge is 0.494 e. The lowest BCUT2D eigenvalue weighted by atomic mass is 10.1. The molecule has 10 nitrogen and oxygen atoms in total. The van der Waals surface area contributed by atoms with Crippen molar-refractivity contribution in [2.75, 3.05) is 39.9 Å². The van der Waals surface area contributed by atoms with Crippen LogP contribution in [0.25, 0.3) is 17.1 Å². The second-order valence-electron chi connectivity index (χ2n) is 7.92. The number of hydrogen-bond donors (Lipinski definition) is 1. The number of ether oxygens (including phenoxy) is 5. The summed E-state index contributed by atoms with van der Waals surface area (Å²) in [5.41, 5.74) is 1.89. The van der Waals surface area contributed by atoms with Crippen LogP contribution in [0, 0.1) is 0 Å². The van der Waals surface area contributed by atoms with Gasteiger partial charge in [-0.1, -0.05) is 0 Å². The number of anilines is 1. The molecule has 4 aromatic rings. The van der Waals surface area contributed by atoms with Gasteiger partial charge in [0.1, 0.15) is 11.5 Å². The molecule has 10 heteroatoms. The maximum absolute atomic E-state index is 13.2. The molecular formula is C28H30N4O6. The number of amides is 1. The lowest BCUT2D eigenvalue weighted by Crippen LogP contribution is -2.14. The van der Waals surface area contributed by atoms with E-state index in [1.807, 2.05) is 38.1 Å². The van der Waals surface area contributed by atoms with Crippen molar-refractivity contribution in [1.29, 1.82) is 0 Å². The van der Waals surface area contributed by atoms with Crippen molar-refractivity contribution in [3.8, 4) is 45.8 Å². The fourth-order valence-electron chi connectivity index (χ4n) is 3.82. The van der Waals surface area contributed by atoms with Crippen LogP contribution in [-0.2, 0) is 0 Å². The molecule has 0 fully saturated rings. The minimum Gasteiger partial charge on any atom is -0.494 e. The number of rotatable bonds is 11. The van der Waals surface area contributed by atoms with E-state index in [4.69, 9.17) is 23.7 Å². The summed E-state index contributed by atoms with van der Waals surface area (Å²) in [6.45, 7) is 4.94. The number of carbonyl (C=O) groups is 1. The predicted molar refractivity (Wildman–Crippen MR) is 143 cm³/mol. The molecule has 0 spiro atoms. The highest BCUT2D eigenvalue weighted by molar-refractivity contribution is 6.01. The summed E-state index contributed by atoms with van der Waals surface area (Å²) in [5.74, 6) is 2.70. The van der Waals surface area contributed by atoms with Crippen LogP contribution in [0.5, 0.6) is 28.7 Å². The van der Waals surface area contributed by atoms with Crippen LogP contribution in [-0.4, -0.2) is 55.2 Å². The van der Waals surface area contributed by atoms with Gasteiger partial charge in [0.05, 0.1) is 40.2 Å². The number of benzene rings is 3. The zero-order valence-electron chi connectivity index (χ0n) is 22.0. The summed E-state index contributed by atoms with van der Waals surface area (Å²) >= 11 is 0. The van der Waals surface area contributed by atoms with Crippen molar-refractivity contribution in [2.45, 2.75) is 13.8 Å². The molecule has 1 amide bonds. The number of hydrogen-bond acceptors (Lipinski definition) is 8. The maximum atomic E-state index is 13.2. The Kier molecular flexibility index (Phi) is 8.32. The number of nitrogens with zero attached hydrogens (tertiary/aromatic N) is 3. The van der Waals surface area contributed by atoms with E-state index in [2.05, 4.69) is 15.4 Å². The lowest BCUT2D eigenvalue weighted by Gasteiger charge is -2.14. The highest BCUT2D eigenvalue weighted by Crippen LogP contribution is 2.41. The first-order chi connectivity index (χ1) is 18.5. The molecule has 0 aliphatic rings. The maximum Gasteiger partial charge on any atom is 0.295 e. The molecule has 38 heavy (non-hydrogen) atoms. The van der Waals surface area contributed by atoms with Crippen LogP contribution < -0.4 is 29.0 Å². The van der Waals surface area contributed by atoms with Crippen LogP contribution >= 0.6 is 0 Å². The van der Waals surface area contributed by atoms with Crippen molar-refractivity contribution < 1.29 is 28.5 Å². The van der Waals surface area contributed by atoms with Gasteiger partial charge in [0.25, 0.3) is 5.91 Å². The molecule has 0 saturated heterocycles. The number of aromatic nitrogens is 3. The summed E-state index contributed by atoms with van der Waals surface area (Å²) in [5, 5.41) is 7.38. The third-order valence-corrected chi connectivity index (χ3v) is 5.55. The van der Waals surface area contributed by atoms with Crippen molar-refractivity contribution in [2.24, 2.45) is 0 Å². The van der Waals surface area contributed by atoms with Crippen LogP contribution in [0.15, 0.2) is 60.7 Å². The second kappa shape index (κ2) is 12.0. The quantitative estimate of drug-likeness (QED) is 0.295. The van der Waals surface area contributed by atoms with E-state index >= 15 is 0 Å². The average Bonchev–Trinajstić information content (AvgIpc) is 3.40. The third-order valence-electron chi connectivity index (χ3n) is 5.55. The van der Waals surface area contributed by atoms with E-state index in [0.29, 0.717) is 59.0 Å². The molecule has 1 N–H and O–H groups in total. The molecule has 1 heterocycles. The second-order valence-corrected chi connectivity index (χ2v) is 7.92. The summed E-state index contributed by atoms with van der Waals surface area (Å²) in [6, 6.07) is 17.9. The average molecular weight is 519 g/mol. The van der Waals surface area contributed by atoms with Gasteiger partial charge < -0.3 is 29.0 Å². The SMILES string of the molecule is CCOc1ccc(NC(=O)c2nc(-c3cc(OC)c(OC)c(OC)c3)n(-c3ccc(OCC)cc3)n2)cc1. The van der Waals surface area contributed by atoms with Crippen LogP contribution in [0.3, 0.4) is 0 Å². The third kappa shape index (κ3) is 5.64.